The van der Waals surface area contributed by atoms with Crippen LogP contribution in [0.2, 0.25) is 0 Å². The van der Waals surface area contributed by atoms with Gasteiger partial charge in [-0.3, -0.25) is 0 Å². The Bertz CT molecular complexity index is 453. The fourth-order valence-electron chi connectivity index (χ4n) is 1.80. The monoisotopic (exact) mass is 239 g/mol. The predicted octanol–water partition coefficient (Wildman–Crippen LogP) is 1.65. The fourth-order valence-corrected chi connectivity index (χ4v) is 3.21. The molecule has 0 aromatic heterocycles. The van der Waals surface area contributed by atoms with Gasteiger partial charge in [0.1, 0.15) is 0 Å². The molecule has 16 heavy (non-hydrogen) atoms. The van der Waals surface area contributed by atoms with Gasteiger partial charge in [0.05, 0.1) is 5.25 Å². The molecule has 2 unspecified atom stereocenters. The molecular formula is C12H17NO2S. The SMILES string of the molecule is CC(C)S(=O)(=O)N1CC1Cc1ccccc1. The lowest BCUT2D eigenvalue weighted by Crippen LogP contribution is -2.24. The Balaban J connectivity index is 1.99. The van der Waals surface area contributed by atoms with E-state index >= 15 is 0 Å². The quantitative estimate of drug-likeness (QED) is 0.749. The maximum atomic E-state index is 11.8. The molecule has 0 N–H and O–H groups in total. The smallest absolute Gasteiger partial charge is 0.212 e. The number of benzene rings is 1. The van der Waals surface area contributed by atoms with E-state index in [0.29, 0.717) is 6.54 Å². The molecule has 88 valence electrons. The van der Waals surface area contributed by atoms with Crippen LogP contribution in [0.15, 0.2) is 30.3 Å². The Labute approximate surface area is 97.1 Å². The first-order chi connectivity index (χ1) is 7.51. The van der Waals surface area contributed by atoms with Crippen molar-refractivity contribution in [2.24, 2.45) is 0 Å². The zero-order valence-corrected chi connectivity index (χ0v) is 10.4. The molecule has 1 fully saturated rings. The van der Waals surface area contributed by atoms with E-state index in [9.17, 15) is 8.42 Å². The number of hydrogen-bond donors (Lipinski definition) is 0. The Hall–Kier alpha value is -0.870. The lowest BCUT2D eigenvalue weighted by atomic mass is 10.1. The van der Waals surface area contributed by atoms with Gasteiger partial charge in [-0.1, -0.05) is 30.3 Å². The molecule has 2 rings (SSSR count). The van der Waals surface area contributed by atoms with E-state index in [1.807, 2.05) is 30.3 Å². The molecule has 0 saturated carbocycles. The van der Waals surface area contributed by atoms with Crippen LogP contribution in [0.1, 0.15) is 19.4 Å². The maximum absolute atomic E-state index is 11.8. The van der Waals surface area contributed by atoms with Crippen molar-refractivity contribution in [2.45, 2.75) is 31.6 Å². The fraction of sp³-hybridized carbons (Fsp3) is 0.500. The maximum Gasteiger partial charge on any atom is 0.216 e. The highest BCUT2D eigenvalue weighted by atomic mass is 32.2. The van der Waals surface area contributed by atoms with Crippen LogP contribution in [0, 0.1) is 0 Å². The van der Waals surface area contributed by atoms with Gasteiger partial charge in [-0.2, -0.15) is 4.31 Å². The van der Waals surface area contributed by atoms with Gasteiger partial charge in [0.2, 0.25) is 10.0 Å². The number of nitrogens with zero attached hydrogens (tertiary/aromatic N) is 1. The molecule has 1 saturated heterocycles. The minimum Gasteiger partial charge on any atom is -0.212 e. The van der Waals surface area contributed by atoms with Crippen molar-refractivity contribution in [3.63, 3.8) is 0 Å². The van der Waals surface area contributed by atoms with Gasteiger partial charge in [-0.05, 0) is 25.8 Å². The van der Waals surface area contributed by atoms with Crippen LogP contribution in [-0.2, 0) is 16.4 Å². The van der Waals surface area contributed by atoms with Crippen molar-refractivity contribution in [2.75, 3.05) is 6.54 Å². The second-order valence-corrected chi connectivity index (χ2v) is 6.95. The molecule has 2 atom stereocenters. The summed E-state index contributed by atoms with van der Waals surface area (Å²) in [4.78, 5) is 0. The molecular weight excluding hydrogens is 222 g/mol. The standard InChI is InChI=1S/C12H17NO2S/c1-10(2)16(14,15)13-9-12(13)8-11-6-4-3-5-7-11/h3-7,10,12H,8-9H2,1-2H3. The molecule has 0 bridgehead atoms. The van der Waals surface area contributed by atoms with Crippen molar-refractivity contribution < 1.29 is 8.42 Å². The summed E-state index contributed by atoms with van der Waals surface area (Å²) in [5, 5.41) is -0.312. The Morgan fingerprint density at radius 3 is 2.50 bits per heavy atom. The van der Waals surface area contributed by atoms with Gasteiger partial charge in [-0.25, -0.2) is 8.42 Å². The van der Waals surface area contributed by atoms with Gasteiger partial charge in [0, 0.05) is 12.6 Å². The van der Waals surface area contributed by atoms with Gasteiger partial charge >= 0.3 is 0 Å². The second-order valence-electron chi connectivity index (χ2n) is 4.51. The summed E-state index contributed by atoms with van der Waals surface area (Å²) in [5.74, 6) is 0. The largest absolute Gasteiger partial charge is 0.216 e. The van der Waals surface area contributed by atoms with Gasteiger partial charge in [0.25, 0.3) is 0 Å². The Morgan fingerprint density at radius 1 is 1.31 bits per heavy atom. The van der Waals surface area contributed by atoms with E-state index in [4.69, 9.17) is 0 Å². The van der Waals surface area contributed by atoms with Crippen LogP contribution >= 0.6 is 0 Å². The van der Waals surface area contributed by atoms with Crippen LogP contribution in [0.3, 0.4) is 0 Å². The lowest BCUT2D eigenvalue weighted by molar-refractivity contribution is 0.542. The van der Waals surface area contributed by atoms with Crippen LogP contribution < -0.4 is 0 Å². The van der Waals surface area contributed by atoms with Crippen molar-refractivity contribution in [1.82, 2.24) is 4.31 Å². The van der Waals surface area contributed by atoms with E-state index in [2.05, 4.69) is 0 Å². The normalized spacial score (nSPS) is 24.7. The average molecular weight is 239 g/mol. The molecule has 3 nitrogen and oxygen atoms in total. The molecule has 4 heteroatoms. The van der Waals surface area contributed by atoms with E-state index in [-0.39, 0.29) is 11.3 Å². The third kappa shape index (κ3) is 2.28. The predicted molar refractivity (Wildman–Crippen MR) is 64.7 cm³/mol. The first-order valence-electron chi connectivity index (χ1n) is 5.56. The first kappa shape index (κ1) is 11.6. The molecule has 0 radical (unpaired) electrons. The summed E-state index contributed by atoms with van der Waals surface area (Å²) in [5.41, 5.74) is 1.20. The summed E-state index contributed by atoms with van der Waals surface area (Å²) in [6, 6.07) is 10.2. The molecule has 1 aliphatic heterocycles. The number of sulfonamides is 1. The van der Waals surface area contributed by atoms with E-state index in [1.54, 1.807) is 18.2 Å². The second kappa shape index (κ2) is 4.18. The van der Waals surface area contributed by atoms with Gasteiger partial charge in [0.15, 0.2) is 0 Å². The van der Waals surface area contributed by atoms with E-state index in [1.165, 1.54) is 5.56 Å². The Kier molecular flexibility index (Phi) is 3.04. The molecule has 0 spiro atoms. The third-order valence-corrected chi connectivity index (χ3v) is 5.19. The number of hydrogen-bond acceptors (Lipinski definition) is 2. The summed E-state index contributed by atoms with van der Waals surface area (Å²) >= 11 is 0. The topological polar surface area (TPSA) is 37.1 Å². The minimum atomic E-state index is -3.04. The van der Waals surface area contributed by atoms with Gasteiger partial charge in [-0.15, -0.1) is 0 Å². The van der Waals surface area contributed by atoms with Crippen molar-refractivity contribution in [3.8, 4) is 0 Å². The lowest BCUT2D eigenvalue weighted by Gasteiger charge is -2.09. The first-order valence-corrected chi connectivity index (χ1v) is 7.06. The zero-order chi connectivity index (χ0) is 11.8. The molecule has 0 aliphatic carbocycles. The Morgan fingerprint density at radius 2 is 1.94 bits per heavy atom. The average Bonchev–Trinajstić information content (AvgIpc) is 2.99. The zero-order valence-electron chi connectivity index (χ0n) is 9.63. The van der Waals surface area contributed by atoms with E-state index < -0.39 is 10.0 Å². The molecule has 1 aromatic carbocycles. The minimum absolute atomic E-state index is 0.176. The summed E-state index contributed by atoms with van der Waals surface area (Å²) in [7, 11) is -3.04. The molecule has 1 heterocycles. The van der Waals surface area contributed by atoms with E-state index in [0.717, 1.165) is 6.42 Å². The van der Waals surface area contributed by atoms with Crippen LogP contribution in [0.5, 0.6) is 0 Å². The summed E-state index contributed by atoms with van der Waals surface area (Å²) in [6.45, 7) is 4.13. The number of rotatable bonds is 4. The highest BCUT2D eigenvalue weighted by molar-refractivity contribution is 7.89. The summed E-state index contributed by atoms with van der Waals surface area (Å²) < 4.78 is 25.2. The molecule has 0 amide bonds. The van der Waals surface area contributed by atoms with Crippen molar-refractivity contribution in [1.29, 1.82) is 0 Å². The van der Waals surface area contributed by atoms with Gasteiger partial charge < -0.3 is 0 Å². The molecule has 1 aromatic rings. The van der Waals surface area contributed by atoms with Crippen molar-refractivity contribution in [3.05, 3.63) is 35.9 Å². The third-order valence-electron chi connectivity index (χ3n) is 2.90. The molecule has 1 aliphatic rings. The summed E-state index contributed by atoms with van der Waals surface area (Å²) in [6.07, 6.45) is 0.826. The highest BCUT2D eigenvalue weighted by Gasteiger charge is 2.44. The van der Waals surface area contributed by atoms with Crippen LogP contribution in [0.4, 0.5) is 0 Å². The van der Waals surface area contributed by atoms with Crippen LogP contribution in [0.25, 0.3) is 0 Å². The van der Waals surface area contributed by atoms with Crippen molar-refractivity contribution >= 4 is 10.0 Å². The highest BCUT2D eigenvalue weighted by Crippen LogP contribution is 2.28. The van der Waals surface area contributed by atoms with Crippen LogP contribution in [-0.4, -0.2) is 30.6 Å².